The summed E-state index contributed by atoms with van der Waals surface area (Å²) in [6.07, 6.45) is -0.269. The van der Waals surface area contributed by atoms with E-state index in [-0.39, 0.29) is 23.1 Å². The van der Waals surface area contributed by atoms with E-state index in [1.54, 1.807) is 12.1 Å². The van der Waals surface area contributed by atoms with Crippen molar-refractivity contribution in [2.45, 2.75) is 24.9 Å². The van der Waals surface area contributed by atoms with Gasteiger partial charge in [-0.25, -0.2) is 9.59 Å². The van der Waals surface area contributed by atoms with Crippen molar-refractivity contribution >= 4 is 33.9 Å². The van der Waals surface area contributed by atoms with Gasteiger partial charge in [0.2, 0.25) is 0 Å². The number of methoxy groups -OCH3 is 2. The van der Waals surface area contributed by atoms with Crippen LogP contribution in [0.15, 0.2) is 69.3 Å². The molecule has 2 aromatic carbocycles. The maximum Gasteiger partial charge on any atom is 0.340 e. The first-order chi connectivity index (χ1) is 18.8. The Balaban J connectivity index is 1.67. The Morgan fingerprint density at radius 3 is 2.15 bits per heavy atom. The lowest BCUT2D eigenvalue weighted by Crippen LogP contribution is -2.45. The number of esters is 1. The van der Waals surface area contributed by atoms with Crippen molar-refractivity contribution in [2.75, 3.05) is 20.8 Å². The van der Waals surface area contributed by atoms with Crippen LogP contribution in [-0.2, 0) is 9.47 Å². The van der Waals surface area contributed by atoms with Crippen molar-refractivity contribution in [3.8, 4) is 11.5 Å². The minimum atomic E-state index is -1.04. The molecule has 1 aromatic heterocycles. The summed E-state index contributed by atoms with van der Waals surface area (Å²) in [5.74, 6) is -0.432. The summed E-state index contributed by atoms with van der Waals surface area (Å²) in [6.45, 7) is -0.496. The summed E-state index contributed by atoms with van der Waals surface area (Å²) in [4.78, 5) is 53.9. The van der Waals surface area contributed by atoms with Crippen molar-refractivity contribution in [1.29, 1.82) is 0 Å². The average molecular weight is 601 g/mol. The number of aromatic nitrogens is 2. The number of hydrogen-bond acceptors (Lipinski definition) is 9. The van der Waals surface area contributed by atoms with Crippen molar-refractivity contribution < 1.29 is 33.6 Å². The second kappa shape index (κ2) is 12.2. The number of halogens is 1. The number of nitrogens with zero attached hydrogens (tertiary/aromatic N) is 2. The maximum atomic E-state index is 13.5. The predicted octanol–water partition coefficient (Wildman–Crippen LogP) is 2.59. The molecule has 1 N–H and O–H groups in total. The van der Waals surface area contributed by atoms with Gasteiger partial charge in [-0.2, -0.15) is 4.57 Å². The van der Waals surface area contributed by atoms with Crippen LogP contribution < -0.4 is 20.7 Å². The zero-order chi connectivity index (χ0) is 28.1. The molecule has 0 aliphatic carbocycles. The van der Waals surface area contributed by atoms with Crippen molar-refractivity contribution in [3.05, 3.63) is 97.2 Å². The van der Waals surface area contributed by atoms with Crippen molar-refractivity contribution in [2.24, 2.45) is 0 Å². The van der Waals surface area contributed by atoms with Gasteiger partial charge in [-0.3, -0.25) is 14.2 Å². The van der Waals surface area contributed by atoms with E-state index in [0.29, 0.717) is 16.1 Å². The SMILES string of the molecule is COc1ccc(C(=O)O[C@H]2C[C@H](n3cc(/C=C/Br)c(=O)n(C(=O)c4ccc(OC)cc4)c3=O)O[C@@H]2CO)cc1. The molecule has 2 heterocycles. The molecule has 0 saturated carbocycles. The summed E-state index contributed by atoms with van der Waals surface area (Å²) >= 11 is 3.11. The van der Waals surface area contributed by atoms with E-state index in [1.165, 1.54) is 67.9 Å². The normalized spacial score (nSPS) is 18.7. The fraction of sp³-hybridized carbons (Fsp3) is 0.259. The van der Waals surface area contributed by atoms with E-state index >= 15 is 0 Å². The first-order valence-electron chi connectivity index (χ1n) is 11.8. The lowest BCUT2D eigenvalue weighted by Gasteiger charge is -2.17. The minimum Gasteiger partial charge on any atom is -0.497 e. The van der Waals surface area contributed by atoms with Crippen molar-refractivity contribution in [3.63, 3.8) is 0 Å². The number of aliphatic hydroxyl groups is 1. The zero-order valence-corrected chi connectivity index (χ0v) is 22.6. The fourth-order valence-electron chi connectivity index (χ4n) is 4.11. The van der Waals surface area contributed by atoms with Gasteiger partial charge in [0.15, 0.2) is 0 Å². The highest BCUT2D eigenvalue weighted by Gasteiger charge is 2.40. The van der Waals surface area contributed by atoms with Gasteiger partial charge in [-0.05, 0) is 59.6 Å². The molecule has 3 aromatic rings. The van der Waals surface area contributed by atoms with Gasteiger partial charge in [0, 0.05) is 18.2 Å². The molecule has 0 amide bonds. The summed E-state index contributed by atoms with van der Waals surface area (Å²) < 4.78 is 23.2. The smallest absolute Gasteiger partial charge is 0.340 e. The number of rotatable bonds is 8. The van der Waals surface area contributed by atoms with Gasteiger partial charge >= 0.3 is 11.7 Å². The van der Waals surface area contributed by atoms with Crippen LogP contribution in [0.5, 0.6) is 11.5 Å². The highest BCUT2D eigenvalue weighted by Crippen LogP contribution is 2.30. The molecule has 1 aliphatic rings. The van der Waals surface area contributed by atoms with Gasteiger partial charge in [0.25, 0.3) is 11.5 Å². The zero-order valence-electron chi connectivity index (χ0n) is 21.0. The standard InChI is InChI=1S/C27H25BrN2O9/c1-36-19-7-3-16(4-8-19)24(32)30-25(33)18(11-12-28)14-29(27(30)35)23-13-21(22(15-31)38-23)39-26(34)17-5-9-20(37-2)10-6-17/h3-12,14,21-23,31H,13,15H2,1-2H3/b12-11+/t21-,22+,23+/m0/s1. The van der Waals surface area contributed by atoms with E-state index < -0.39 is 48.2 Å². The molecule has 3 atom stereocenters. The summed E-state index contributed by atoms with van der Waals surface area (Å²) in [5, 5.41) is 9.88. The molecule has 1 aliphatic heterocycles. The van der Waals surface area contributed by atoms with Crippen molar-refractivity contribution in [1.82, 2.24) is 9.13 Å². The molecule has 0 bridgehead atoms. The van der Waals surface area contributed by atoms with Gasteiger partial charge in [0.1, 0.15) is 29.9 Å². The average Bonchev–Trinajstić information content (AvgIpc) is 3.36. The molecule has 0 spiro atoms. The van der Waals surface area contributed by atoms with Gasteiger partial charge in [0.05, 0.1) is 32.0 Å². The third-order valence-electron chi connectivity index (χ3n) is 6.18. The Bertz CT molecular complexity index is 1490. The number of hydrogen-bond donors (Lipinski definition) is 1. The van der Waals surface area contributed by atoms with Gasteiger partial charge in [-0.1, -0.05) is 15.9 Å². The predicted molar refractivity (Wildman–Crippen MR) is 143 cm³/mol. The highest BCUT2D eigenvalue weighted by atomic mass is 79.9. The molecule has 4 rings (SSSR count). The van der Waals surface area contributed by atoms with E-state index in [4.69, 9.17) is 18.9 Å². The summed E-state index contributed by atoms with van der Waals surface area (Å²) in [7, 11) is 2.97. The van der Waals surface area contributed by atoms with Crippen LogP contribution in [0.1, 0.15) is 38.9 Å². The van der Waals surface area contributed by atoms with Crippen LogP contribution in [0, 0.1) is 0 Å². The van der Waals surface area contributed by atoms with Crippen LogP contribution in [0.4, 0.5) is 0 Å². The Kier molecular flexibility index (Phi) is 8.79. The Labute approximate surface area is 230 Å². The summed E-state index contributed by atoms with van der Waals surface area (Å²) in [6, 6.07) is 12.2. The van der Waals surface area contributed by atoms with E-state index in [1.807, 2.05) is 0 Å². The molecule has 0 radical (unpaired) electrons. The lowest BCUT2D eigenvalue weighted by molar-refractivity contribution is -0.0524. The monoisotopic (exact) mass is 600 g/mol. The molecule has 39 heavy (non-hydrogen) atoms. The number of aliphatic hydroxyl groups excluding tert-OH is 1. The largest absolute Gasteiger partial charge is 0.497 e. The Morgan fingerprint density at radius 2 is 1.62 bits per heavy atom. The van der Waals surface area contributed by atoms with Gasteiger partial charge < -0.3 is 24.1 Å². The van der Waals surface area contributed by atoms with Crippen LogP contribution >= 0.6 is 15.9 Å². The second-order valence-electron chi connectivity index (χ2n) is 8.46. The lowest BCUT2D eigenvalue weighted by atomic mass is 10.1. The number of ether oxygens (including phenoxy) is 4. The number of benzene rings is 2. The summed E-state index contributed by atoms with van der Waals surface area (Å²) in [5.41, 5.74) is -1.40. The maximum absolute atomic E-state index is 13.5. The Hall–Kier alpha value is -4.00. The van der Waals surface area contributed by atoms with E-state index in [2.05, 4.69) is 15.9 Å². The van der Waals surface area contributed by atoms with E-state index in [9.17, 15) is 24.3 Å². The minimum absolute atomic E-state index is 0.0145. The quantitative estimate of drug-likeness (QED) is 0.387. The molecule has 11 nitrogen and oxygen atoms in total. The topological polar surface area (TPSA) is 135 Å². The van der Waals surface area contributed by atoms with Crippen LogP contribution in [0.3, 0.4) is 0 Å². The molecule has 0 unspecified atom stereocenters. The third kappa shape index (κ3) is 5.87. The molecule has 12 heteroatoms. The fourth-order valence-corrected chi connectivity index (χ4v) is 4.40. The van der Waals surface area contributed by atoms with Gasteiger partial charge in [-0.15, -0.1) is 0 Å². The van der Waals surface area contributed by atoms with Crippen LogP contribution in [-0.4, -0.2) is 59.2 Å². The molecule has 1 saturated heterocycles. The second-order valence-corrected chi connectivity index (χ2v) is 8.99. The van der Waals surface area contributed by atoms with Crippen LogP contribution in [0.25, 0.3) is 6.08 Å². The molecular weight excluding hydrogens is 576 g/mol. The number of carbonyl (C=O) groups excluding carboxylic acids is 2. The molecular formula is C27H25BrN2O9. The Morgan fingerprint density at radius 1 is 1.03 bits per heavy atom. The molecule has 204 valence electrons. The number of carbonyl (C=O) groups is 2. The third-order valence-corrected chi connectivity index (χ3v) is 6.44. The van der Waals surface area contributed by atoms with E-state index in [0.717, 1.165) is 4.57 Å². The highest BCUT2D eigenvalue weighted by molar-refractivity contribution is 9.11. The first kappa shape index (κ1) is 28.0. The van der Waals surface area contributed by atoms with Crippen LogP contribution in [0.2, 0.25) is 0 Å². The molecule has 1 fully saturated rings. The first-order valence-corrected chi connectivity index (χ1v) is 12.7.